The second-order valence-electron chi connectivity index (χ2n) is 6.15. The van der Waals surface area contributed by atoms with Crippen molar-refractivity contribution < 1.29 is 18.0 Å². The van der Waals surface area contributed by atoms with Crippen molar-refractivity contribution in [1.82, 2.24) is 15.2 Å². The van der Waals surface area contributed by atoms with Crippen LogP contribution in [0.3, 0.4) is 0 Å². The zero-order valence-electron chi connectivity index (χ0n) is 12.1. The van der Waals surface area contributed by atoms with Gasteiger partial charge in [-0.1, -0.05) is 0 Å². The molecule has 0 aliphatic carbocycles. The number of likely N-dealkylation sites (tertiary alicyclic amines) is 1. The van der Waals surface area contributed by atoms with Crippen LogP contribution in [0.2, 0.25) is 0 Å². The first kappa shape index (κ1) is 15.3. The van der Waals surface area contributed by atoms with Gasteiger partial charge in [-0.05, 0) is 43.4 Å². The summed E-state index contributed by atoms with van der Waals surface area (Å²) < 4.78 is 37.5. The average molecular weight is 313 g/mol. The molecule has 0 aromatic carbocycles. The van der Waals surface area contributed by atoms with Crippen molar-refractivity contribution in [3.05, 3.63) is 29.6 Å². The van der Waals surface area contributed by atoms with E-state index in [-0.39, 0.29) is 11.6 Å². The highest BCUT2D eigenvalue weighted by atomic mass is 19.4. The molecule has 2 saturated heterocycles. The van der Waals surface area contributed by atoms with Crippen molar-refractivity contribution in [2.45, 2.75) is 25.4 Å². The monoisotopic (exact) mass is 313 g/mol. The zero-order valence-corrected chi connectivity index (χ0v) is 12.1. The molecule has 2 fully saturated rings. The molecule has 0 saturated carbocycles. The summed E-state index contributed by atoms with van der Waals surface area (Å²) >= 11 is 0. The normalized spacial score (nSPS) is 21.3. The van der Waals surface area contributed by atoms with E-state index >= 15 is 0 Å². The van der Waals surface area contributed by atoms with Crippen LogP contribution in [0, 0.1) is 5.41 Å². The van der Waals surface area contributed by atoms with Gasteiger partial charge in [0.25, 0.3) is 5.91 Å². The Bertz CT molecular complexity index is 540. The Morgan fingerprint density at radius 3 is 2.45 bits per heavy atom. The standard InChI is InChI=1S/C15H18F3N3O/c16-15(17,18)11-1-2-12(20-9-11)13(22)21-7-4-14(5-8-21)3-6-19-10-14/h1-2,9,19H,3-8,10H2. The molecule has 0 bridgehead atoms. The maximum atomic E-state index is 12.5. The molecule has 0 radical (unpaired) electrons. The molecule has 3 heterocycles. The van der Waals surface area contributed by atoms with Gasteiger partial charge in [0.1, 0.15) is 5.69 Å². The van der Waals surface area contributed by atoms with Gasteiger partial charge >= 0.3 is 6.18 Å². The molecule has 4 nitrogen and oxygen atoms in total. The number of alkyl halides is 3. The summed E-state index contributed by atoms with van der Waals surface area (Å²) in [6, 6.07) is 2.07. The highest BCUT2D eigenvalue weighted by Gasteiger charge is 2.38. The average Bonchev–Trinajstić information content (AvgIpc) is 2.95. The van der Waals surface area contributed by atoms with Crippen LogP contribution in [-0.2, 0) is 6.18 Å². The Kier molecular flexibility index (Phi) is 3.84. The summed E-state index contributed by atoms with van der Waals surface area (Å²) in [5, 5.41) is 3.36. The van der Waals surface area contributed by atoms with E-state index in [2.05, 4.69) is 10.3 Å². The molecular weight excluding hydrogens is 295 g/mol. The highest BCUT2D eigenvalue weighted by molar-refractivity contribution is 5.92. The Hall–Kier alpha value is -1.63. The lowest BCUT2D eigenvalue weighted by molar-refractivity contribution is -0.137. The van der Waals surface area contributed by atoms with Crippen molar-refractivity contribution in [2.75, 3.05) is 26.2 Å². The molecule has 1 aromatic rings. The third-order valence-corrected chi connectivity index (χ3v) is 4.75. The summed E-state index contributed by atoms with van der Waals surface area (Å²) in [5.41, 5.74) is -0.461. The highest BCUT2D eigenvalue weighted by Crippen LogP contribution is 2.37. The van der Waals surface area contributed by atoms with Gasteiger partial charge in [-0.15, -0.1) is 0 Å². The number of pyridine rings is 1. The zero-order chi connectivity index (χ0) is 15.8. The van der Waals surface area contributed by atoms with Gasteiger partial charge in [-0.3, -0.25) is 9.78 Å². The van der Waals surface area contributed by atoms with Crippen molar-refractivity contribution >= 4 is 5.91 Å². The van der Waals surface area contributed by atoms with Crippen molar-refractivity contribution in [3.63, 3.8) is 0 Å². The van der Waals surface area contributed by atoms with Gasteiger partial charge in [-0.25, -0.2) is 0 Å². The Balaban J connectivity index is 1.65. The third-order valence-electron chi connectivity index (χ3n) is 4.75. The molecule has 0 atom stereocenters. The Morgan fingerprint density at radius 2 is 1.95 bits per heavy atom. The molecule has 1 N–H and O–H groups in total. The molecule has 120 valence electrons. The predicted molar refractivity (Wildman–Crippen MR) is 74.3 cm³/mol. The summed E-state index contributed by atoms with van der Waals surface area (Å²) in [6.07, 6.45) is -0.701. The van der Waals surface area contributed by atoms with Crippen LogP contribution >= 0.6 is 0 Å². The van der Waals surface area contributed by atoms with Gasteiger partial charge in [0, 0.05) is 25.8 Å². The first-order valence-corrected chi connectivity index (χ1v) is 7.43. The molecule has 1 amide bonds. The minimum absolute atomic E-state index is 0.0773. The molecule has 2 aliphatic heterocycles. The molecule has 1 aromatic heterocycles. The lowest BCUT2D eigenvalue weighted by atomic mass is 9.78. The van der Waals surface area contributed by atoms with E-state index in [1.54, 1.807) is 4.90 Å². The summed E-state index contributed by atoms with van der Waals surface area (Å²) in [7, 11) is 0. The van der Waals surface area contributed by atoms with E-state index in [1.165, 1.54) is 0 Å². The number of hydrogen-bond donors (Lipinski definition) is 1. The second-order valence-corrected chi connectivity index (χ2v) is 6.15. The number of piperidine rings is 1. The molecule has 1 spiro atoms. The maximum Gasteiger partial charge on any atom is 0.417 e. The number of amides is 1. The van der Waals surface area contributed by atoms with Crippen LogP contribution < -0.4 is 5.32 Å². The first-order chi connectivity index (χ1) is 10.4. The van der Waals surface area contributed by atoms with Gasteiger partial charge in [0.2, 0.25) is 0 Å². The minimum atomic E-state index is -4.43. The molecule has 2 aliphatic rings. The van der Waals surface area contributed by atoms with Crippen LogP contribution in [0.1, 0.15) is 35.3 Å². The van der Waals surface area contributed by atoms with Gasteiger partial charge < -0.3 is 10.2 Å². The number of aromatic nitrogens is 1. The fraction of sp³-hybridized carbons (Fsp3) is 0.600. The fourth-order valence-electron chi connectivity index (χ4n) is 3.26. The number of carbonyl (C=O) groups excluding carboxylic acids is 1. The molecule has 7 heteroatoms. The van der Waals surface area contributed by atoms with Crippen molar-refractivity contribution in [3.8, 4) is 0 Å². The van der Waals surface area contributed by atoms with Crippen LogP contribution in [0.15, 0.2) is 18.3 Å². The number of nitrogens with zero attached hydrogens (tertiary/aromatic N) is 2. The largest absolute Gasteiger partial charge is 0.417 e. The lowest BCUT2D eigenvalue weighted by Gasteiger charge is -2.38. The van der Waals surface area contributed by atoms with Gasteiger partial charge in [-0.2, -0.15) is 13.2 Å². The SMILES string of the molecule is O=C(c1ccc(C(F)(F)F)cn1)N1CCC2(CCNC2)CC1. The molecular formula is C15H18F3N3O. The fourth-order valence-corrected chi connectivity index (χ4v) is 3.26. The quantitative estimate of drug-likeness (QED) is 0.865. The summed E-state index contributed by atoms with van der Waals surface area (Å²) in [4.78, 5) is 17.7. The number of hydrogen-bond acceptors (Lipinski definition) is 3. The van der Waals surface area contributed by atoms with E-state index in [9.17, 15) is 18.0 Å². The van der Waals surface area contributed by atoms with E-state index in [0.29, 0.717) is 18.5 Å². The van der Waals surface area contributed by atoms with Crippen LogP contribution in [0.25, 0.3) is 0 Å². The van der Waals surface area contributed by atoms with Crippen LogP contribution in [-0.4, -0.2) is 42.0 Å². The van der Waals surface area contributed by atoms with Gasteiger partial charge in [0.15, 0.2) is 0 Å². The summed E-state index contributed by atoms with van der Waals surface area (Å²) in [6.45, 7) is 3.30. The number of halogens is 3. The van der Waals surface area contributed by atoms with E-state index in [0.717, 1.165) is 50.7 Å². The number of carbonyl (C=O) groups is 1. The predicted octanol–water partition coefficient (Wildman–Crippen LogP) is 2.32. The smallest absolute Gasteiger partial charge is 0.337 e. The topological polar surface area (TPSA) is 45.2 Å². The van der Waals surface area contributed by atoms with Gasteiger partial charge in [0.05, 0.1) is 5.56 Å². The van der Waals surface area contributed by atoms with E-state index in [4.69, 9.17) is 0 Å². The Morgan fingerprint density at radius 1 is 1.23 bits per heavy atom. The lowest BCUT2D eigenvalue weighted by Crippen LogP contribution is -2.44. The van der Waals surface area contributed by atoms with Crippen molar-refractivity contribution in [2.24, 2.45) is 5.41 Å². The third kappa shape index (κ3) is 2.95. The maximum absolute atomic E-state index is 12.5. The van der Waals surface area contributed by atoms with Crippen LogP contribution in [0.4, 0.5) is 13.2 Å². The summed E-state index contributed by atoms with van der Waals surface area (Å²) in [5.74, 6) is -0.283. The molecule has 0 unspecified atom stereocenters. The van der Waals surface area contributed by atoms with Crippen LogP contribution in [0.5, 0.6) is 0 Å². The molecule has 22 heavy (non-hydrogen) atoms. The number of rotatable bonds is 1. The van der Waals surface area contributed by atoms with E-state index < -0.39 is 11.7 Å². The van der Waals surface area contributed by atoms with E-state index in [1.807, 2.05) is 0 Å². The Labute approximate surface area is 126 Å². The second kappa shape index (κ2) is 5.53. The van der Waals surface area contributed by atoms with Crippen molar-refractivity contribution in [1.29, 1.82) is 0 Å². The minimum Gasteiger partial charge on any atom is -0.337 e. The first-order valence-electron chi connectivity index (χ1n) is 7.43. The number of nitrogens with one attached hydrogen (secondary N) is 1. The molecule has 3 rings (SSSR count).